The molecular formula is C15H19N3O. The molecule has 1 aromatic heterocycles. The third-order valence-corrected chi connectivity index (χ3v) is 3.97. The van der Waals surface area contributed by atoms with Gasteiger partial charge in [-0.15, -0.1) is 0 Å². The molecule has 0 spiro atoms. The average molecular weight is 257 g/mol. The van der Waals surface area contributed by atoms with Crippen LogP contribution in [-0.2, 0) is 4.74 Å². The summed E-state index contributed by atoms with van der Waals surface area (Å²) in [6.07, 6.45) is 3.02. The smallest absolute Gasteiger partial charge is 0.0809 e. The Kier molecular flexibility index (Phi) is 3.46. The summed E-state index contributed by atoms with van der Waals surface area (Å²) in [4.78, 5) is 4.39. The zero-order valence-corrected chi connectivity index (χ0v) is 11.0. The molecule has 1 aliphatic heterocycles. The Bertz CT molecular complexity index is 567. The van der Waals surface area contributed by atoms with Crippen molar-refractivity contribution in [3.8, 4) is 0 Å². The molecule has 2 aromatic rings. The highest BCUT2D eigenvalue weighted by Crippen LogP contribution is 2.33. The van der Waals surface area contributed by atoms with E-state index < -0.39 is 0 Å². The predicted molar refractivity (Wildman–Crippen MR) is 75.3 cm³/mol. The highest BCUT2D eigenvalue weighted by atomic mass is 16.5. The van der Waals surface area contributed by atoms with Crippen molar-refractivity contribution >= 4 is 10.9 Å². The molecule has 0 saturated carbocycles. The van der Waals surface area contributed by atoms with Crippen molar-refractivity contribution in [2.24, 2.45) is 11.8 Å². The molecule has 1 aromatic carbocycles. The summed E-state index contributed by atoms with van der Waals surface area (Å²) in [5.41, 5.74) is 5.08. The van der Waals surface area contributed by atoms with E-state index in [9.17, 15) is 0 Å². The number of fused-ring (bicyclic) bond motifs is 1. The second-order valence-corrected chi connectivity index (χ2v) is 5.16. The van der Waals surface area contributed by atoms with Crippen LogP contribution in [0.15, 0.2) is 36.5 Å². The lowest BCUT2D eigenvalue weighted by molar-refractivity contribution is 0.0611. The summed E-state index contributed by atoms with van der Waals surface area (Å²) >= 11 is 0. The number of hydrogen-bond acceptors (Lipinski definition) is 4. The summed E-state index contributed by atoms with van der Waals surface area (Å²) in [7, 11) is 0. The van der Waals surface area contributed by atoms with Gasteiger partial charge in [0.1, 0.15) is 0 Å². The number of pyridine rings is 1. The Morgan fingerprint density at radius 3 is 3.00 bits per heavy atom. The van der Waals surface area contributed by atoms with Gasteiger partial charge in [0.2, 0.25) is 0 Å². The van der Waals surface area contributed by atoms with E-state index in [1.165, 1.54) is 0 Å². The van der Waals surface area contributed by atoms with Crippen LogP contribution in [0.2, 0.25) is 0 Å². The maximum absolute atomic E-state index is 5.86. The van der Waals surface area contributed by atoms with Crippen molar-refractivity contribution in [2.45, 2.75) is 25.5 Å². The van der Waals surface area contributed by atoms with Crippen LogP contribution in [0.1, 0.15) is 24.9 Å². The lowest BCUT2D eigenvalue weighted by Gasteiger charge is -2.26. The number of hydrogen-bond donors (Lipinski definition) is 2. The van der Waals surface area contributed by atoms with Crippen molar-refractivity contribution < 1.29 is 4.74 Å². The minimum absolute atomic E-state index is 0.00500. The zero-order chi connectivity index (χ0) is 13.2. The van der Waals surface area contributed by atoms with Crippen LogP contribution < -0.4 is 11.3 Å². The van der Waals surface area contributed by atoms with Crippen molar-refractivity contribution in [2.75, 3.05) is 6.61 Å². The Morgan fingerprint density at radius 1 is 1.37 bits per heavy atom. The first-order valence-corrected chi connectivity index (χ1v) is 6.72. The second-order valence-electron chi connectivity index (χ2n) is 5.16. The molecule has 0 bridgehead atoms. The summed E-state index contributed by atoms with van der Waals surface area (Å²) in [5, 5.41) is 1.13. The predicted octanol–water partition coefficient (Wildman–Crippen LogP) is 2.16. The molecule has 0 aliphatic carbocycles. The van der Waals surface area contributed by atoms with Crippen LogP contribution in [0.5, 0.6) is 0 Å². The van der Waals surface area contributed by atoms with E-state index in [4.69, 9.17) is 10.6 Å². The molecule has 0 radical (unpaired) electrons. The maximum atomic E-state index is 5.86. The van der Waals surface area contributed by atoms with E-state index in [1.807, 2.05) is 24.4 Å². The van der Waals surface area contributed by atoms with Crippen LogP contribution in [-0.4, -0.2) is 17.7 Å². The highest BCUT2D eigenvalue weighted by Gasteiger charge is 2.33. The molecule has 3 atom stereocenters. The van der Waals surface area contributed by atoms with E-state index in [-0.39, 0.29) is 12.1 Å². The summed E-state index contributed by atoms with van der Waals surface area (Å²) in [5.74, 6) is 6.29. The van der Waals surface area contributed by atoms with Crippen molar-refractivity contribution in [1.29, 1.82) is 0 Å². The molecule has 4 heteroatoms. The molecule has 3 N–H and O–H groups in total. The monoisotopic (exact) mass is 257 g/mol. The van der Waals surface area contributed by atoms with Gasteiger partial charge in [0, 0.05) is 18.2 Å². The van der Waals surface area contributed by atoms with Gasteiger partial charge in [-0.25, -0.2) is 0 Å². The Morgan fingerprint density at radius 2 is 2.26 bits per heavy atom. The fourth-order valence-corrected chi connectivity index (χ4v) is 2.90. The standard InChI is InChI=1S/C15H19N3O/c1-10-7-9-19-15(10)14(18-16)12-4-2-6-13-11(12)5-3-8-17-13/h2-6,8,10,14-15,18H,7,9,16H2,1H3. The fraction of sp³-hybridized carbons (Fsp3) is 0.400. The number of nitrogens with zero attached hydrogens (tertiary/aromatic N) is 1. The first-order chi connectivity index (χ1) is 9.31. The van der Waals surface area contributed by atoms with Crippen LogP contribution >= 0.6 is 0 Å². The number of benzene rings is 1. The minimum Gasteiger partial charge on any atom is -0.376 e. The summed E-state index contributed by atoms with van der Waals surface area (Å²) in [6.45, 7) is 3.03. The molecule has 1 aliphatic rings. The van der Waals surface area contributed by atoms with Gasteiger partial charge in [0.15, 0.2) is 0 Å². The van der Waals surface area contributed by atoms with Gasteiger partial charge < -0.3 is 4.74 Å². The molecule has 3 rings (SSSR count). The summed E-state index contributed by atoms with van der Waals surface area (Å²) < 4.78 is 5.86. The minimum atomic E-state index is 0.00500. The van der Waals surface area contributed by atoms with E-state index in [0.717, 1.165) is 29.5 Å². The van der Waals surface area contributed by atoms with Crippen LogP contribution in [0.25, 0.3) is 10.9 Å². The number of nitrogens with one attached hydrogen (secondary N) is 1. The molecule has 100 valence electrons. The molecule has 1 fully saturated rings. The van der Waals surface area contributed by atoms with Gasteiger partial charge in [0.05, 0.1) is 17.7 Å². The van der Waals surface area contributed by atoms with E-state index in [2.05, 4.69) is 29.5 Å². The lowest BCUT2D eigenvalue weighted by atomic mass is 9.91. The molecule has 0 amide bonds. The molecular weight excluding hydrogens is 238 g/mol. The van der Waals surface area contributed by atoms with E-state index in [0.29, 0.717) is 5.92 Å². The van der Waals surface area contributed by atoms with Crippen molar-refractivity contribution in [3.63, 3.8) is 0 Å². The average Bonchev–Trinajstić information content (AvgIpc) is 2.86. The van der Waals surface area contributed by atoms with Gasteiger partial charge in [0.25, 0.3) is 0 Å². The molecule has 4 nitrogen and oxygen atoms in total. The number of ether oxygens (including phenoxy) is 1. The Balaban J connectivity index is 2.06. The van der Waals surface area contributed by atoms with Gasteiger partial charge in [-0.2, -0.15) is 0 Å². The second kappa shape index (κ2) is 5.25. The largest absolute Gasteiger partial charge is 0.376 e. The van der Waals surface area contributed by atoms with Gasteiger partial charge in [-0.1, -0.05) is 25.1 Å². The van der Waals surface area contributed by atoms with Crippen LogP contribution in [0.3, 0.4) is 0 Å². The molecule has 3 unspecified atom stereocenters. The zero-order valence-electron chi connectivity index (χ0n) is 11.0. The quantitative estimate of drug-likeness (QED) is 0.653. The van der Waals surface area contributed by atoms with Crippen LogP contribution in [0, 0.1) is 5.92 Å². The SMILES string of the molecule is CC1CCOC1C(NN)c1cccc2ncccc12. The Hall–Kier alpha value is -1.49. The van der Waals surface area contributed by atoms with Crippen molar-refractivity contribution in [1.82, 2.24) is 10.4 Å². The maximum Gasteiger partial charge on any atom is 0.0809 e. The number of rotatable bonds is 3. The fourth-order valence-electron chi connectivity index (χ4n) is 2.90. The topological polar surface area (TPSA) is 60.2 Å². The number of nitrogens with two attached hydrogens (primary N) is 1. The van der Waals surface area contributed by atoms with Gasteiger partial charge in [-0.3, -0.25) is 16.3 Å². The van der Waals surface area contributed by atoms with E-state index in [1.54, 1.807) is 0 Å². The first kappa shape index (κ1) is 12.5. The van der Waals surface area contributed by atoms with Gasteiger partial charge in [-0.05, 0) is 30.0 Å². The molecule has 2 heterocycles. The molecule has 1 saturated heterocycles. The van der Waals surface area contributed by atoms with Crippen molar-refractivity contribution in [3.05, 3.63) is 42.1 Å². The number of hydrazine groups is 1. The van der Waals surface area contributed by atoms with Crippen LogP contribution in [0.4, 0.5) is 0 Å². The first-order valence-electron chi connectivity index (χ1n) is 6.72. The van der Waals surface area contributed by atoms with E-state index >= 15 is 0 Å². The molecule has 19 heavy (non-hydrogen) atoms. The third kappa shape index (κ3) is 2.23. The highest BCUT2D eigenvalue weighted by molar-refractivity contribution is 5.82. The Labute approximate surface area is 112 Å². The normalized spacial score (nSPS) is 24.7. The lowest BCUT2D eigenvalue weighted by Crippen LogP contribution is -2.38. The third-order valence-electron chi connectivity index (χ3n) is 3.97. The summed E-state index contributed by atoms with van der Waals surface area (Å²) in [6, 6.07) is 10.2. The van der Waals surface area contributed by atoms with Gasteiger partial charge >= 0.3 is 0 Å². The number of aromatic nitrogens is 1.